The predicted octanol–water partition coefficient (Wildman–Crippen LogP) is 2.47. The van der Waals surface area contributed by atoms with Crippen molar-refractivity contribution in [1.29, 1.82) is 0 Å². The molecule has 0 saturated carbocycles. The summed E-state index contributed by atoms with van der Waals surface area (Å²) in [7, 11) is 1.41. The zero-order valence-corrected chi connectivity index (χ0v) is 11.3. The molecule has 0 aromatic carbocycles. The van der Waals surface area contributed by atoms with E-state index in [4.69, 9.17) is 0 Å². The minimum absolute atomic E-state index is 0.159. The number of hydrogen-bond donors (Lipinski definition) is 0. The Hall–Kier alpha value is -1.10. The van der Waals surface area contributed by atoms with Crippen LogP contribution < -0.4 is 0 Å². The Kier molecular flexibility index (Phi) is 5.97. The largest absolute Gasteiger partial charge is 0.469 e. The highest BCUT2D eigenvalue weighted by Gasteiger charge is 2.11. The first-order valence-corrected chi connectivity index (χ1v) is 6.58. The van der Waals surface area contributed by atoms with Crippen molar-refractivity contribution in [2.24, 2.45) is 0 Å². The van der Waals surface area contributed by atoms with Gasteiger partial charge in [0, 0.05) is 10.9 Å². The van der Waals surface area contributed by atoms with Gasteiger partial charge in [0.15, 0.2) is 0 Å². The predicted molar refractivity (Wildman–Crippen MR) is 68.0 cm³/mol. The molecule has 1 heterocycles. The van der Waals surface area contributed by atoms with Crippen LogP contribution in [0.15, 0.2) is 17.4 Å². The minimum atomic E-state index is -0.187. The molecule has 1 aromatic heterocycles. The standard InChI is InChI=1S/C12H18N2O2S/c1-4-5-10-7-11(14-8-13-10)17-9(2)6-12(15)16-3/h7-9H,4-6H2,1-3H3. The van der Waals surface area contributed by atoms with Crippen LogP contribution in [0.3, 0.4) is 0 Å². The normalized spacial score (nSPS) is 12.2. The van der Waals surface area contributed by atoms with Crippen LogP contribution in [0.1, 0.15) is 32.4 Å². The molecule has 0 aliphatic heterocycles. The zero-order valence-electron chi connectivity index (χ0n) is 10.5. The summed E-state index contributed by atoms with van der Waals surface area (Å²) in [5.74, 6) is -0.187. The third kappa shape index (κ3) is 5.17. The van der Waals surface area contributed by atoms with Gasteiger partial charge in [-0.05, 0) is 12.5 Å². The Morgan fingerprint density at radius 2 is 2.29 bits per heavy atom. The molecule has 1 rings (SSSR count). The number of nitrogens with zero attached hydrogens (tertiary/aromatic N) is 2. The van der Waals surface area contributed by atoms with Crippen molar-refractivity contribution in [2.45, 2.75) is 43.4 Å². The van der Waals surface area contributed by atoms with E-state index in [2.05, 4.69) is 21.6 Å². The average Bonchev–Trinajstić information content (AvgIpc) is 2.29. The maximum Gasteiger partial charge on any atom is 0.306 e. The molecule has 0 spiro atoms. The van der Waals surface area contributed by atoms with Gasteiger partial charge in [0.05, 0.1) is 18.6 Å². The molecule has 0 bridgehead atoms. The third-order valence-corrected chi connectivity index (χ3v) is 3.24. The van der Waals surface area contributed by atoms with E-state index in [9.17, 15) is 4.79 Å². The maximum atomic E-state index is 11.1. The van der Waals surface area contributed by atoms with Crippen LogP contribution in [0.5, 0.6) is 0 Å². The van der Waals surface area contributed by atoms with Crippen molar-refractivity contribution in [1.82, 2.24) is 9.97 Å². The average molecular weight is 254 g/mol. The first-order chi connectivity index (χ1) is 8.15. The van der Waals surface area contributed by atoms with Crippen LogP contribution in [-0.2, 0) is 16.0 Å². The van der Waals surface area contributed by atoms with Crippen LogP contribution >= 0.6 is 11.8 Å². The van der Waals surface area contributed by atoms with Crippen molar-refractivity contribution < 1.29 is 9.53 Å². The van der Waals surface area contributed by atoms with Gasteiger partial charge in [-0.3, -0.25) is 4.79 Å². The van der Waals surface area contributed by atoms with E-state index in [1.807, 2.05) is 13.0 Å². The lowest BCUT2D eigenvalue weighted by molar-refractivity contribution is -0.140. The molecule has 1 unspecified atom stereocenters. The quantitative estimate of drug-likeness (QED) is 0.443. The molecule has 0 fully saturated rings. The Morgan fingerprint density at radius 3 is 2.94 bits per heavy atom. The second kappa shape index (κ2) is 7.27. The second-order valence-electron chi connectivity index (χ2n) is 3.81. The van der Waals surface area contributed by atoms with Crippen LogP contribution in [0.2, 0.25) is 0 Å². The lowest BCUT2D eigenvalue weighted by Crippen LogP contribution is -2.08. The number of esters is 1. The highest BCUT2D eigenvalue weighted by atomic mass is 32.2. The van der Waals surface area contributed by atoms with Gasteiger partial charge in [-0.2, -0.15) is 0 Å². The van der Waals surface area contributed by atoms with Gasteiger partial charge in [-0.1, -0.05) is 20.3 Å². The van der Waals surface area contributed by atoms with Crippen LogP contribution in [0.25, 0.3) is 0 Å². The van der Waals surface area contributed by atoms with Crippen molar-refractivity contribution in [3.63, 3.8) is 0 Å². The first kappa shape index (κ1) is 14.0. The molecule has 17 heavy (non-hydrogen) atoms. The molecule has 0 radical (unpaired) electrons. The van der Waals surface area contributed by atoms with Gasteiger partial charge < -0.3 is 4.74 Å². The molecular weight excluding hydrogens is 236 g/mol. The summed E-state index contributed by atoms with van der Waals surface area (Å²) < 4.78 is 4.64. The van der Waals surface area contributed by atoms with E-state index in [1.165, 1.54) is 7.11 Å². The highest BCUT2D eigenvalue weighted by Crippen LogP contribution is 2.23. The number of carbonyl (C=O) groups excluding carboxylic acids is 1. The van der Waals surface area contributed by atoms with Crippen molar-refractivity contribution in [3.05, 3.63) is 18.1 Å². The number of methoxy groups -OCH3 is 1. The SMILES string of the molecule is CCCc1cc(SC(C)CC(=O)OC)ncn1. The smallest absolute Gasteiger partial charge is 0.306 e. The van der Waals surface area contributed by atoms with E-state index >= 15 is 0 Å². The summed E-state index contributed by atoms with van der Waals surface area (Å²) in [6.45, 7) is 4.11. The number of thioether (sulfide) groups is 1. The summed E-state index contributed by atoms with van der Waals surface area (Å²) in [4.78, 5) is 19.5. The maximum absolute atomic E-state index is 11.1. The van der Waals surface area contributed by atoms with Crippen LogP contribution in [0.4, 0.5) is 0 Å². The molecule has 4 nitrogen and oxygen atoms in total. The van der Waals surface area contributed by atoms with Crippen molar-refractivity contribution in [3.8, 4) is 0 Å². The van der Waals surface area contributed by atoms with Gasteiger partial charge in [0.2, 0.25) is 0 Å². The Balaban J connectivity index is 2.55. The fourth-order valence-electron chi connectivity index (χ4n) is 1.40. The minimum Gasteiger partial charge on any atom is -0.469 e. The van der Waals surface area contributed by atoms with E-state index in [0.29, 0.717) is 6.42 Å². The second-order valence-corrected chi connectivity index (χ2v) is 5.27. The lowest BCUT2D eigenvalue weighted by Gasteiger charge is -2.09. The number of aryl methyl sites for hydroxylation is 1. The molecule has 0 saturated heterocycles. The van der Waals surface area contributed by atoms with Gasteiger partial charge in [0.1, 0.15) is 6.33 Å². The number of hydrogen-bond acceptors (Lipinski definition) is 5. The fraction of sp³-hybridized carbons (Fsp3) is 0.583. The lowest BCUT2D eigenvalue weighted by atomic mass is 10.2. The van der Waals surface area contributed by atoms with E-state index < -0.39 is 0 Å². The molecule has 1 atom stereocenters. The van der Waals surface area contributed by atoms with E-state index in [0.717, 1.165) is 23.6 Å². The van der Waals surface area contributed by atoms with Crippen LogP contribution in [0, 0.1) is 0 Å². The molecule has 0 amide bonds. The van der Waals surface area contributed by atoms with Crippen molar-refractivity contribution in [2.75, 3.05) is 7.11 Å². The highest BCUT2D eigenvalue weighted by molar-refractivity contribution is 7.99. The van der Waals surface area contributed by atoms with Gasteiger partial charge in [-0.25, -0.2) is 9.97 Å². The summed E-state index contributed by atoms with van der Waals surface area (Å²) in [6, 6.07) is 1.99. The van der Waals surface area contributed by atoms with E-state index in [1.54, 1.807) is 18.1 Å². The molecule has 0 aliphatic rings. The number of ether oxygens (including phenoxy) is 1. The number of rotatable bonds is 6. The molecule has 5 heteroatoms. The molecule has 1 aromatic rings. The van der Waals surface area contributed by atoms with Gasteiger partial charge in [-0.15, -0.1) is 11.8 Å². The Morgan fingerprint density at radius 1 is 1.53 bits per heavy atom. The Labute approximate surface area is 106 Å². The first-order valence-electron chi connectivity index (χ1n) is 5.70. The van der Waals surface area contributed by atoms with Crippen LogP contribution in [-0.4, -0.2) is 28.3 Å². The van der Waals surface area contributed by atoms with Crippen molar-refractivity contribution >= 4 is 17.7 Å². The molecule has 0 aliphatic carbocycles. The Bertz CT molecular complexity index is 371. The third-order valence-electron chi connectivity index (χ3n) is 2.21. The van der Waals surface area contributed by atoms with Gasteiger partial charge in [0.25, 0.3) is 0 Å². The summed E-state index contributed by atoms with van der Waals surface area (Å²) >= 11 is 1.58. The number of aromatic nitrogens is 2. The monoisotopic (exact) mass is 254 g/mol. The zero-order chi connectivity index (χ0) is 12.7. The summed E-state index contributed by atoms with van der Waals surface area (Å²) in [5.41, 5.74) is 1.05. The molecule has 94 valence electrons. The molecule has 0 N–H and O–H groups in total. The number of carbonyl (C=O) groups is 1. The summed E-state index contributed by atoms with van der Waals surface area (Å²) in [6.07, 6.45) is 4.01. The van der Waals surface area contributed by atoms with Gasteiger partial charge >= 0.3 is 5.97 Å². The summed E-state index contributed by atoms with van der Waals surface area (Å²) in [5, 5.41) is 1.08. The fourth-order valence-corrected chi connectivity index (χ4v) is 2.34. The topological polar surface area (TPSA) is 52.1 Å². The molecular formula is C12H18N2O2S. The van der Waals surface area contributed by atoms with E-state index in [-0.39, 0.29) is 11.2 Å².